The molecule has 4 amide bonds. The Morgan fingerprint density at radius 2 is 1.64 bits per heavy atom. The summed E-state index contributed by atoms with van der Waals surface area (Å²) in [5.74, 6) is 0.454. The van der Waals surface area contributed by atoms with Gasteiger partial charge in [0.1, 0.15) is 24.4 Å². The number of aliphatic hydroxyl groups excluding tert-OH is 1. The highest BCUT2D eigenvalue weighted by molar-refractivity contribution is 8.14. The van der Waals surface area contributed by atoms with E-state index in [9.17, 15) is 29.1 Å². The number of methoxy groups -OCH3 is 1. The van der Waals surface area contributed by atoms with Crippen molar-refractivity contribution in [3.63, 3.8) is 0 Å². The van der Waals surface area contributed by atoms with Gasteiger partial charge in [-0.05, 0) is 68.9 Å². The Labute approximate surface area is 353 Å². The summed E-state index contributed by atoms with van der Waals surface area (Å²) >= 11 is 1.60. The Bertz CT molecular complexity index is 1470. The van der Waals surface area contributed by atoms with Crippen molar-refractivity contribution in [3.8, 4) is 5.75 Å². The largest absolute Gasteiger partial charge is 0.497 e. The molecule has 0 bridgehead atoms. The number of nitrogens with one attached hydrogen (secondary N) is 2. The number of aryl methyl sites for hydroxylation is 1. The third kappa shape index (κ3) is 19.4. The molecule has 1 aliphatic rings. The van der Waals surface area contributed by atoms with Crippen molar-refractivity contribution >= 4 is 46.4 Å². The molecular weight excluding hydrogens is 759 g/mol. The number of carbonyl (C=O) groups is 5. The minimum Gasteiger partial charge on any atom is -0.497 e. The number of thioether (sulfide) groups is 1. The molecule has 0 aliphatic carbocycles. The molecular formula is C44H75N5O8S. The second-order valence-corrected chi connectivity index (χ2v) is 17.9. The quantitative estimate of drug-likeness (QED) is 0.118. The van der Waals surface area contributed by atoms with Crippen LogP contribution < -0.4 is 15.4 Å². The van der Waals surface area contributed by atoms with Crippen molar-refractivity contribution in [2.75, 3.05) is 46.6 Å². The maximum Gasteiger partial charge on any atom is 0.325 e. The maximum absolute atomic E-state index is 13.1. The van der Waals surface area contributed by atoms with E-state index in [-0.39, 0.29) is 78.5 Å². The Kier molecular flexibility index (Phi) is 23.9. The lowest BCUT2D eigenvalue weighted by Gasteiger charge is -2.34. The lowest BCUT2D eigenvalue weighted by molar-refractivity contribution is -0.160. The second-order valence-electron chi connectivity index (χ2n) is 16.9. The number of aliphatic hydroxyl groups is 1. The predicted octanol–water partition coefficient (Wildman–Crippen LogP) is 6.04. The number of rotatable bonds is 22. The zero-order valence-electron chi connectivity index (χ0n) is 37.7. The van der Waals surface area contributed by atoms with Crippen LogP contribution in [0.2, 0.25) is 0 Å². The lowest BCUT2D eigenvalue weighted by Crippen LogP contribution is -2.48. The summed E-state index contributed by atoms with van der Waals surface area (Å²) in [5, 5.41) is 17.2. The summed E-state index contributed by atoms with van der Waals surface area (Å²) in [7, 11) is 4.70. The van der Waals surface area contributed by atoms with Gasteiger partial charge in [0.05, 0.1) is 30.8 Å². The molecule has 1 aromatic rings. The van der Waals surface area contributed by atoms with E-state index in [1.54, 1.807) is 30.7 Å². The molecule has 0 spiro atoms. The Balaban J connectivity index is 0.00000163. The molecule has 1 heterocycles. The van der Waals surface area contributed by atoms with Gasteiger partial charge in [-0.1, -0.05) is 79.5 Å². The summed E-state index contributed by atoms with van der Waals surface area (Å²) in [6, 6.07) is 7.26. The Hall–Kier alpha value is -3.65. The molecule has 13 nitrogen and oxygen atoms in total. The van der Waals surface area contributed by atoms with E-state index in [1.807, 2.05) is 72.7 Å². The molecule has 4 unspecified atom stereocenters. The number of hydrogen-bond acceptors (Lipinski definition) is 10. The van der Waals surface area contributed by atoms with E-state index in [4.69, 9.17) is 14.5 Å². The van der Waals surface area contributed by atoms with Gasteiger partial charge in [0, 0.05) is 45.2 Å². The first-order valence-corrected chi connectivity index (χ1v) is 21.9. The fourth-order valence-electron chi connectivity index (χ4n) is 6.10. The van der Waals surface area contributed by atoms with E-state index in [0.717, 1.165) is 29.4 Å². The number of carbonyl (C=O) groups excluding carboxylic acids is 5. The smallest absolute Gasteiger partial charge is 0.325 e. The second kappa shape index (κ2) is 26.4. The average Bonchev–Trinajstić information content (AvgIpc) is 3.66. The van der Waals surface area contributed by atoms with Crippen LogP contribution in [-0.4, -0.2) is 120 Å². The van der Waals surface area contributed by atoms with Crippen molar-refractivity contribution in [3.05, 3.63) is 29.8 Å². The van der Waals surface area contributed by atoms with Gasteiger partial charge in [-0.2, -0.15) is 0 Å². The molecule has 330 valence electrons. The number of likely N-dealkylation sites (N-methyl/N-ethyl adjacent to an activating group) is 2. The topological polar surface area (TPSA) is 167 Å². The number of esters is 1. The zero-order chi connectivity index (χ0) is 44.2. The molecule has 1 aliphatic heterocycles. The van der Waals surface area contributed by atoms with Gasteiger partial charge < -0.3 is 35.0 Å². The first-order chi connectivity index (χ1) is 27.2. The summed E-state index contributed by atoms with van der Waals surface area (Å²) in [6.07, 6.45) is 2.89. The number of nitrogens with zero attached hydrogens (tertiary/aromatic N) is 3. The molecule has 58 heavy (non-hydrogen) atoms. The van der Waals surface area contributed by atoms with Gasteiger partial charge in [0.25, 0.3) is 0 Å². The van der Waals surface area contributed by atoms with Crippen LogP contribution in [-0.2, 0) is 28.7 Å². The van der Waals surface area contributed by atoms with Crippen molar-refractivity contribution < 1.29 is 38.6 Å². The van der Waals surface area contributed by atoms with E-state index in [0.29, 0.717) is 32.2 Å². The van der Waals surface area contributed by atoms with Crippen LogP contribution in [0.1, 0.15) is 113 Å². The SMILES string of the molecule is CCCN(CC(=O)OC(C[C@@H](C)CC(O)[C@@H](C)C1=NC(CCC(=O)NCC(=O)N(C)[C@@H](C)C(=O)NC)CS1)C(C)(C)C)C(=O)CC(C)CC.COc1ccc(C)cc1. The van der Waals surface area contributed by atoms with E-state index in [1.165, 1.54) is 24.6 Å². The number of benzene rings is 1. The minimum absolute atomic E-state index is 0.0192. The van der Waals surface area contributed by atoms with Crippen molar-refractivity contribution in [1.82, 2.24) is 20.4 Å². The van der Waals surface area contributed by atoms with Crippen molar-refractivity contribution in [2.24, 2.45) is 28.2 Å². The van der Waals surface area contributed by atoms with E-state index >= 15 is 0 Å². The summed E-state index contributed by atoms with van der Waals surface area (Å²) < 4.78 is 11.0. The number of hydrogen-bond donors (Lipinski definition) is 3. The van der Waals surface area contributed by atoms with Gasteiger partial charge in [-0.3, -0.25) is 29.0 Å². The fourth-order valence-corrected chi connectivity index (χ4v) is 7.35. The summed E-state index contributed by atoms with van der Waals surface area (Å²) in [6.45, 7) is 20.1. The van der Waals surface area contributed by atoms with Gasteiger partial charge in [-0.15, -0.1) is 11.8 Å². The molecule has 0 saturated heterocycles. The first kappa shape index (κ1) is 52.4. The highest BCUT2D eigenvalue weighted by Crippen LogP contribution is 2.33. The first-order valence-electron chi connectivity index (χ1n) is 20.9. The van der Waals surface area contributed by atoms with Crippen molar-refractivity contribution in [1.29, 1.82) is 0 Å². The predicted molar refractivity (Wildman–Crippen MR) is 234 cm³/mol. The lowest BCUT2D eigenvalue weighted by atomic mass is 9.81. The number of aliphatic imine (C=N–C) groups is 1. The van der Waals surface area contributed by atoms with Crippen LogP contribution in [0.3, 0.4) is 0 Å². The molecule has 0 saturated carbocycles. The van der Waals surface area contributed by atoms with Gasteiger partial charge in [0.15, 0.2) is 0 Å². The third-order valence-corrected chi connectivity index (χ3v) is 11.9. The van der Waals surface area contributed by atoms with E-state index in [2.05, 4.69) is 24.5 Å². The molecule has 14 heteroatoms. The van der Waals surface area contributed by atoms with Gasteiger partial charge >= 0.3 is 5.97 Å². The summed E-state index contributed by atoms with van der Waals surface area (Å²) in [5.41, 5.74) is 0.936. The molecule has 3 N–H and O–H groups in total. The molecule has 0 aromatic heterocycles. The molecule has 7 atom stereocenters. The van der Waals surface area contributed by atoms with Crippen LogP contribution in [0, 0.1) is 30.1 Å². The molecule has 0 fully saturated rings. The average molecular weight is 834 g/mol. The van der Waals surface area contributed by atoms with Crippen molar-refractivity contribution in [2.45, 2.75) is 138 Å². The highest BCUT2D eigenvalue weighted by atomic mass is 32.2. The monoisotopic (exact) mass is 834 g/mol. The highest BCUT2D eigenvalue weighted by Gasteiger charge is 2.33. The number of ether oxygens (including phenoxy) is 2. The minimum atomic E-state index is -0.641. The van der Waals surface area contributed by atoms with Crippen LogP contribution >= 0.6 is 11.8 Å². The normalized spacial score (nSPS) is 16.9. The van der Waals surface area contributed by atoms with Gasteiger partial charge in [-0.25, -0.2) is 0 Å². The molecule has 1 aromatic carbocycles. The standard InChI is InChI=1S/C36H65N5O7S.C8H10O/c1-12-16-41(31(44)19-23(3)13-2)21-33(46)48-29(36(7,8)9)18-24(4)17-28(42)25(5)35-39-27(22-49-35)14-15-30(43)38-20-32(45)40(11)26(6)34(47)37-10;1-7-3-5-8(9-2)6-4-7/h23-29,42H,12-22H2,1-11H3,(H,37,47)(H,38,43);3-6H,1-2H3/t23?,24-,25+,26-,27?,28?,29?;/m0./s1. The summed E-state index contributed by atoms with van der Waals surface area (Å²) in [4.78, 5) is 70.1. The van der Waals surface area contributed by atoms with Gasteiger partial charge in [0.2, 0.25) is 23.6 Å². The van der Waals surface area contributed by atoms with Crippen LogP contribution in [0.25, 0.3) is 0 Å². The van der Waals surface area contributed by atoms with Crippen LogP contribution in [0.5, 0.6) is 5.75 Å². The Morgan fingerprint density at radius 1 is 1.00 bits per heavy atom. The molecule has 0 radical (unpaired) electrons. The maximum atomic E-state index is 13.1. The zero-order valence-corrected chi connectivity index (χ0v) is 38.5. The Morgan fingerprint density at radius 3 is 2.19 bits per heavy atom. The van der Waals surface area contributed by atoms with Crippen LogP contribution in [0.4, 0.5) is 0 Å². The fraction of sp³-hybridized carbons (Fsp3) is 0.727. The molecule has 2 rings (SSSR count). The number of amides is 4. The third-order valence-electron chi connectivity index (χ3n) is 10.6. The van der Waals surface area contributed by atoms with Crippen LogP contribution in [0.15, 0.2) is 29.3 Å². The van der Waals surface area contributed by atoms with E-state index < -0.39 is 18.1 Å².